The van der Waals surface area contributed by atoms with Crippen molar-refractivity contribution in [1.82, 2.24) is 0 Å². The molecule has 0 N–H and O–H groups in total. The number of carbonyl (C=O) groups is 1. The Morgan fingerprint density at radius 3 is 2.42 bits per heavy atom. The van der Waals surface area contributed by atoms with Crippen LogP contribution in [0.5, 0.6) is 0 Å². The van der Waals surface area contributed by atoms with Crippen molar-refractivity contribution < 1.29 is 9.53 Å². The second-order valence-electron chi connectivity index (χ2n) is 4.05. The number of hydrogen-bond acceptors (Lipinski definition) is 2. The van der Waals surface area contributed by atoms with E-state index in [1.807, 2.05) is 13.8 Å². The molecule has 0 aromatic carbocycles. The van der Waals surface area contributed by atoms with Crippen LogP contribution < -0.4 is 0 Å². The van der Waals surface area contributed by atoms with E-state index in [0.29, 0.717) is 6.61 Å². The minimum absolute atomic E-state index is 0.135. The monoisotopic (exact) mass is 170 g/mol. The Balaban J connectivity index is 2.39. The maximum absolute atomic E-state index is 10.9. The summed E-state index contributed by atoms with van der Waals surface area (Å²) in [5, 5.41) is 0. The van der Waals surface area contributed by atoms with Crippen LogP contribution >= 0.6 is 0 Å². The Morgan fingerprint density at radius 1 is 1.42 bits per heavy atom. The average molecular weight is 170 g/mol. The van der Waals surface area contributed by atoms with E-state index in [-0.39, 0.29) is 11.5 Å². The number of ether oxygens (including phenoxy) is 1. The van der Waals surface area contributed by atoms with Gasteiger partial charge in [-0.25, -0.2) is 0 Å². The van der Waals surface area contributed by atoms with E-state index < -0.39 is 0 Å². The quantitative estimate of drug-likeness (QED) is 0.604. The van der Waals surface area contributed by atoms with Crippen molar-refractivity contribution in [3.05, 3.63) is 0 Å². The lowest BCUT2D eigenvalue weighted by Gasteiger charge is -2.22. The summed E-state index contributed by atoms with van der Waals surface area (Å²) in [7, 11) is 0. The molecule has 0 atom stereocenters. The average Bonchev–Trinajstić information content (AvgIpc) is 2.50. The van der Waals surface area contributed by atoms with Crippen molar-refractivity contribution in [3.63, 3.8) is 0 Å². The molecule has 0 aliphatic heterocycles. The van der Waals surface area contributed by atoms with E-state index in [1.54, 1.807) is 0 Å². The van der Waals surface area contributed by atoms with Crippen molar-refractivity contribution >= 4 is 6.29 Å². The van der Waals surface area contributed by atoms with Gasteiger partial charge in [0.2, 0.25) is 0 Å². The largest absolute Gasteiger partial charge is 0.378 e. The molecule has 0 amide bonds. The molecule has 0 unspecified atom stereocenters. The maximum atomic E-state index is 10.9. The SMILES string of the molecule is CC(C)OCC1(C=O)CCCC1. The van der Waals surface area contributed by atoms with E-state index in [1.165, 1.54) is 12.8 Å². The lowest BCUT2D eigenvalue weighted by Crippen LogP contribution is -2.26. The van der Waals surface area contributed by atoms with Crippen molar-refractivity contribution in [1.29, 1.82) is 0 Å². The second kappa shape index (κ2) is 4.04. The number of hydrogen-bond donors (Lipinski definition) is 0. The Hall–Kier alpha value is -0.370. The van der Waals surface area contributed by atoms with E-state index in [4.69, 9.17) is 4.74 Å². The highest BCUT2D eigenvalue weighted by atomic mass is 16.5. The van der Waals surface area contributed by atoms with Gasteiger partial charge in [-0.3, -0.25) is 0 Å². The molecule has 0 aromatic heterocycles. The molecule has 0 saturated heterocycles. The highest BCUT2D eigenvalue weighted by molar-refractivity contribution is 5.60. The van der Waals surface area contributed by atoms with E-state index in [2.05, 4.69) is 0 Å². The van der Waals surface area contributed by atoms with Crippen LogP contribution in [0.3, 0.4) is 0 Å². The van der Waals surface area contributed by atoms with Crippen LogP contribution in [0, 0.1) is 5.41 Å². The summed E-state index contributed by atoms with van der Waals surface area (Å²) in [5.41, 5.74) is -0.135. The van der Waals surface area contributed by atoms with Crippen molar-refractivity contribution in [2.75, 3.05) is 6.61 Å². The van der Waals surface area contributed by atoms with Gasteiger partial charge in [0, 0.05) is 5.41 Å². The molecule has 0 bridgehead atoms. The molecule has 0 aromatic rings. The fourth-order valence-electron chi connectivity index (χ4n) is 1.71. The van der Waals surface area contributed by atoms with Gasteiger partial charge in [-0.15, -0.1) is 0 Å². The predicted octanol–water partition coefficient (Wildman–Crippen LogP) is 2.17. The normalized spacial score (nSPS) is 21.6. The zero-order valence-electron chi connectivity index (χ0n) is 8.01. The van der Waals surface area contributed by atoms with Crippen molar-refractivity contribution in [2.24, 2.45) is 5.41 Å². The lowest BCUT2D eigenvalue weighted by atomic mass is 9.89. The first-order valence-corrected chi connectivity index (χ1v) is 4.76. The third-order valence-corrected chi connectivity index (χ3v) is 2.55. The molecular weight excluding hydrogens is 152 g/mol. The third-order valence-electron chi connectivity index (χ3n) is 2.55. The molecule has 2 heteroatoms. The molecule has 1 saturated carbocycles. The summed E-state index contributed by atoms with van der Waals surface area (Å²) in [4.78, 5) is 10.9. The first kappa shape index (κ1) is 9.72. The van der Waals surface area contributed by atoms with E-state index in [9.17, 15) is 4.79 Å². The molecule has 2 nitrogen and oxygen atoms in total. The topological polar surface area (TPSA) is 26.3 Å². The Kier molecular flexibility index (Phi) is 3.27. The predicted molar refractivity (Wildman–Crippen MR) is 48.1 cm³/mol. The first-order valence-electron chi connectivity index (χ1n) is 4.76. The fourth-order valence-corrected chi connectivity index (χ4v) is 1.71. The van der Waals surface area contributed by atoms with Crippen LogP contribution in [0.25, 0.3) is 0 Å². The highest BCUT2D eigenvalue weighted by Crippen LogP contribution is 2.36. The Bertz CT molecular complexity index is 146. The molecule has 0 heterocycles. The number of rotatable bonds is 4. The molecule has 70 valence electrons. The zero-order chi connectivity index (χ0) is 9.03. The van der Waals surface area contributed by atoms with Gasteiger partial charge in [-0.05, 0) is 26.7 Å². The molecule has 1 aliphatic rings. The van der Waals surface area contributed by atoms with Crippen molar-refractivity contribution in [2.45, 2.75) is 45.6 Å². The van der Waals surface area contributed by atoms with Gasteiger partial charge in [-0.2, -0.15) is 0 Å². The molecule has 0 spiro atoms. The van der Waals surface area contributed by atoms with Gasteiger partial charge in [0.15, 0.2) is 0 Å². The van der Waals surface area contributed by atoms with Gasteiger partial charge in [0.25, 0.3) is 0 Å². The van der Waals surface area contributed by atoms with Crippen molar-refractivity contribution in [3.8, 4) is 0 Å². The fraction of sp³-hybridized carbons (Fsp3) is 0.900. The number of carbonyl (C=O) groups excluding carboxylic acids is 1. The summed E-state index contributed by atoms with van der Waals surface area (Å²) in [5.74, 6) is 0. The first-order chi connectivity index (χ1) is 5.68. The molecule has 1 rings (SSSR count). The molecular formula is C10H18O2. The molecule has 1 fully saturated rings. The Morgan fingerprint density at radius 2 is 2.00 bits per heavy atom. The van der Waals surface area contributed by atoms with E-state index >= 15 is 0 Å². The van der Waals surface area contributed by atoms with Gasteiger partial charge < -0.3 is 9.53 Å². The highest BCUT2D eigenvalue weighted by Gasteiger charge is 2.33. The summed E-state index contributed by atoms with van der Waals surface area (Å²) >= 11 is 0. The summed E-state index contributed by atoms with van der Waals surface area (Å²) < 4.78 is 5.49. The minimum atomic E-state index is -0.135. The van der Waals surface area contributed by atoms with Crippen LogP contribution in [-0.2, 0) is 9.53 Å². The molecule has 1 aliphatic carbocycles. The van der Waals surface area contributed by atoms with Crippen LogP contribution in [0.1, 0.15) is 39.5 Å². The Labute approximate surface area is 74.3 Å². The van der Waals surface area contributed by atoms with Crippen LogP contribution in [0.4, 0.5) is 0 Å². The van der Waals surface area contributed by atoms with Gasteiger partial charge in [0.05, 0.1) is 12.7 Å². The van der Waals surface area contributed by atoms with Gasteiger partial charge >= 0.3 is 0 Å². The summed E-state index contributed by atoms with van der Waals surface area (Å²) in [6, 6.07) is 0. The van der Waals surface area contributed by atoms with Gasteiger partial charge in [-0.1, -0.05) is 12.8 Å². The van der Waals surface area contributed by atoms with Crippen LogP contribution in [0.2, 0.25) is 0 Å². The van der Waals surface area contributed by atoms with E-state index in [0.717, 1.165) is 19.1 Å². The third kappa shape index (κ3) is 2.31. The second-order valence-corrected chi connectivity index (χ2v) is 4.05. The minimum Gasteiger partial charge on any atom is -0.378 e. The zero-order valence-corrected chi connectivity index (χ0v) is 8.01. The van der Waals surface area contributed by atoms with Crippen LogP contribution in [0.15, 0.2) is 0 Å². The van der Waals surface area contributed by atoms with Crippen LogP contribution in [-0.4, -0.2) is 19.0 Å². The standard InChI is InChI=1S/C10H18O2/c1-9(2)12-8-10(7-11)5-3-4-6-10/h7,9H,3-6,8H2,1-2H3. The summed E-state index contributed by atoms with van der Waals surface area (Å²) in [6.45, 7) is 4.63. The molecule has 12 heavy (non-hydrogen) atoms. The number of aldehydes is 1. The smallest absolute Gasteiger partial charge is 0.128 e. The molecule has 0 radical (unpaired) electrons. The van der Waals surface area contributed by atoms with Gasteiger partial charge in [0.1, 0.15) is 6.29 Å². The maximum Gasteiger partial charge on any atom is 0.128 e. The lowest BCUT2D eigenvalue weighted by molar-refractivity contribution is -0.120. The summed E-state index contributed by atoms with van der Waals surface area (Å²) in [6.07, 6.45) is 5.73.